The van der Waals surface area contributed by atoms with E-state index in [2.05, 4.69) is 9.97 Å². The second-order valence-electron chi connectivity index (χ2n) is 4.55. The normalized spacial score (nSPS) is 11.1. The number of hydrogen-bond acceptors (Lipinski definition) is 6. The van der Waals surface area contributed by atoms with E-state index in [1.54, 1.807) is 17.7 Å². The van der Waals surface area contributed by atoms with Crippen molar-refractivity contribution in [2.24, 2.45) is 0 Å². The lowest BCUT2D eigenvalue weighted by Crippen LogP contribution is -2.30. The van der Waals surface area contributed by atoms with Crippen LogP contribution in [0.4, 0.5) is 8.78 Å². The highest BCUT2D eigenvalue weighted by molar-refractivity contribution is 7.89. The Morgan fingerprint density at radius 2 is 1.96 bits per heavy atom. The molecule has 0 fully saturated rings. The van der Waals surface area contributed by atoms with E-state index in [1.165, 1.54) is 6.20 Å². The van der Waals surface area contributed by atoms with E-state index >= 15 is 0 Å². The molecule has 0 saturated carbocycles. The number of nitrogens with one attached hydrogen (secondary N) is 1. The molecule has 0 atom stereocenters. The number of aromatic nitrogens is 2. The minimum atomic E-state index is -3.90. The summed E-state index contributed by atoms with van der Waals surface area (Å²) < 4.78 is 56.3. The molecule has 2 aromatic rings. The van der Waals surface area contributed by atoms with Gasteiger partial charge in [-0.2, -0.15) is 0 Å². The average Bonchev–Trinajstić information content (AvgIpc) is 2.40. The van der Waals surface area contributed by atoms with Crippen molar-refractivity contribution in [3.05, 3.63) is 47.3 Å². The molecule has 0 aliphatic rings. The third-order valence-electron chi connectivity index (χ3n) is 2.52. The van der Waals surface area contributed by atoms with Gasteiger partial charge in [-0.3, -0.25) is 4.79 Å². The summed E-state index contributed by atoms with van der Waals surface area (Å²) in [4.78, 5) is 19.2. The second-order valence-corrected chi connectivity index (χ2v) is 6.30. The molecule has 0 aliphatic heterocycles. The number of hydrogen-bond donors (Lipinski definition) is 1. The van der Waals surface area contributed by atoms with Gasteiger partial charge in [0.1, 0.15) is 5.82 Å². The fraction of sp³-hybridized carbons (Fsp3) is 0.154. The van der Waals surface area contributed by atoms with Gasteiger partial charge in [-0.15, -0.1) is 0 Å². The Bertz CT molecular complexity index is 872. The molecule has 10 heteroatoms. The summed E-state index contributed by atoms with van der Waals surface area (Å²) in [7, 11) is -3.90. The molecule has 7 nitrogen and oxygen atoms in total. The number of aryl methyl sites for hydroxylation is 1. The lowest BCUT2D eigenvalue weighted by Gasteiger charge is -2.08. The van der Waals surface area contributed by atoms with Crippen LogP contribution in [0, 0.1) is 18.6 Å². The monoisotopic (exact) mass is 343 g/mol. The van der Waals surface area contributed by atoms with Crippen LogP contribution in [0.25, 0.3) is 0 Å². The predicted molar refractivity (Wildman–Crippen MR) is 75.5 cm³/mol. The Morgan fingerprint density at radius 1 is 1.26 bits per heavy atom. The zero-order valence-corrected chi connectivity index (χ0v) is 12.8. The number of halogens is 2. The van der Waals surface area contributed by atoms with Gasteiger partial charge >= 0.3 is 6.01 Å². The zero-order valence-electron chi connectivity index (χ0n) is 12.0. The first-order valence-corrected chi connectivity index (χ1v) is 8.03. The molecule has 0 spiro atoms. The topological polar surface area (TPSA) is 98.2 Å². The van der Waals surface area contributed by atoms with Gasteiger partial charge in [0.2, 0.25) is 10.0 Å². The summed E-state index contributed by atoms with van der Waals surface area (Å²) in [6.07, 6.45) is 2.09. The smallest absolute Gasteiger partial charge is 0.322 e. The highest BCUT2D eigenvalue weighted by Crippen LogP contribution is 2.25. The van der Waals surface area contributed by atoms with E-state index in [9.17, 15) is 22.0 Å². The van der Waals surface area contributed by atoms with Crippen molar-refractivity contribution in [1.82, 2.24) is 14.7 Å². The highest BCUT2D eigenvalue weighted by atomic mass is 32.2. The quantitative estimate of drug-likeness (QED) is 0.904. The van der Waals surface area contributed by atoms with Crippen molar-refractivity contribution >= 4 is 15.9 Å². The van der Waals surface area contributed by atoms with Crippen LogP contribution in [-0.4, -0.2) is 30.5 Å². The molecule has 0 bridgehead atoms. The van der Waals surface area contributed by atoms with Crippen molar-refractivity contribution in [1.29, 1.82) is 0 Å². The van der Waals surface area contributed by atoms with Crippen LogP contribution >= 0.6 is 0 Å². The number of carbonyl (C=O) groups excluding carboxylic acids is 1. The lowest BCUT2D eigenvalue weighted by molar-refractivity contribution is 0.0977. The summed E-state index contributed by atoms with van der Waals surface area (Å²) in [6.45, 7) is 1.66. The van der Waals surface area contributed by atoms with Gasteiger partial charge in [0.05, 0.1) is 11.8 Å². The highest BCUT2D eigenvalue weighted by Gasteiger charge is 2.20. The molecule has 1 aromatic carbocycles. The third-order valence-corrected chi connectivity index (χ3v) is 3.07. The molecule has 1 heterocycles. The molecule has 0 radical (unpaired) electrons. The number of carbonyl (C=O) groups is 1. The van der Waals surface area contributed by atoms with Gasteiger partial charge in [0, 0.05) is 18.0 Å². The molecule has 1 aromatic heterocycles. The summed E-state index contributed by atoms with van der Waals surface area (Å²) in [6, 6.07) is 2.53. The maximum absolute atomic E-state index is 13.9. The van der Waals surface area contributed by atoms with Crippen LogP contribution in [0.2, 0.25) is 0 Å². The molecule has 23 heavy (non-hydrogen) atoms. The first-order chi connectivity index (χ1) is 10.7. The first-order valence-electron chi connectivity index (χ1n) is 6.14. The van der Waals surface area contributed by atoms with Gasteiger partial charge in [-0.05, 0) is 19.1 Å². The summed E-state index contributed by atoms with van der Waals surface area (Å²) >= 11 is 0. The Kier molecular flexibility index (Phi) is 4.55. The van der Waals surface area contributed by atoms with Gasteiger partial charge < -0.3 is 4.74 Å². The second kappa shape index (κ2) is 6.24. The number of rotatable bonds is 4. The molecular weight excluding hydrogens is 332 g/mol. The zero-order chi connectivity index (χ0) is 17.2. The minimum absolute atomic E-state index is 0.198. The Balaban J connectivity index is 2.32. The molecular formula is C13H11F2N3O4S. The number of nitrogens with zero attached hydrogens (tertiary/aromatic N) is 2. The Labute approximate surface area is 130 Å². The van der Waals surface area contributed by atoms with Gasteiger partial charge in [0.25, 0.3) is 5.91 Å². The van der Waals surface area contributed by atoms with Crippen LogP contribution in [0.15, 0.2) is 24.4 Å². The fourth-order valence-corrected chi connectivity index (χ4v) is 2.02. The van der Waals surface area contributed by atoms with Crippen molar-refractivity contribution in [3.63, 3.8) is 0 Å². The van der Waals surface area contributed by atoms with Gasteiger partial charge in [-0.25, -0.2) is 31.9 Å². The molecule has 1 amide bonds. The molecule has 1 N–H and O–H groups in total. The van der Waals surface area contributed by atoms with Crippen molar-refractivity contribution in [3.8, 4) is 11.8 Å². The number of ether oxygens (including phenoxy) is 1. The van der Waals surface area contributed by atoms with Crippen molar-refractivity contribution in [2.75, 3.05) is 6.26 Å². The van der Waals surface area contributed by atoms with Crippen LogP contribution in [0.1, 0.15) is 16.1 Å². The maximum atomic E-state index is 13.9. The largest absolute Gasteiger partial charge is 0.421 e. The number of benzene rings is 1. The molecule has 0 aliphatic carbocycles. The number of amides is 1. The maximum Gasteiger partial charge on any atom is 0.322 e. The van der Waals surface area contributed by atoms with Crippen molar-refractivity contribution < 1.29 is 26.7 Å². The van der Waals surface area contributed by atoms with E-state index < -0.39 is 38.9 Å². The lowest BCUT2D eigenvalue weighted by atomic mass is 10.2. The third kappa shape index (κ3) is 4.42. The van der Waals surface area contributed by atoms with Gasteiger partial charge in [-0.1, -0.05) is 0 Å². The minimum Gasteiger partial charge on any atom is -0.421 e. The Morgan fingerprint density at radius 3 is 2.57 bits per heavy atom. The fourth-order valence-electron chi connectivity index (χ4n) is 1.58. The van der Waals surface area contributed by atoms with E-state index in [4.69, 9.17) is 4.74 Å². The van der Waals surface area contributed by atoms with Crippen LogP contribution < -0.4 is 9.46 Å². The van der Waals surface area contributed by atoms with Crippen LogP contribution in [0.3, 0.4) is 0 Å². The molecule has 0 saturated heterocycles. The van der Waals surface area contributed by atoms with E-state index in [0.29, 0.717) is 24.1 Å². The standard InChI is InChI=1S/C13H11F2N3O4S/c1-7-3-4-16-13(17-7)22-11-6-9(14)8(5-10(11)15)12(19)18-23(2,20)21/h3-6H,1-2H3,(H,18,19). The Hall–Kier alpha value is -2.62. The molecule has 0 unspecified atom stereocenters. The predicted octanol–water partition coefficient (Wildman–Crippen LogP) is 1.54. The van der Waals surface area contributed by atoms with Crippen LogP contribution in [0.5, 0.6) is 11.8 Å². The summed E-state index contributed by atoms with van der Waals surface area (Å²) in [5.74, 6) is -4.06. The summed E-state index contributed by atoms with van der Waals surface area (Å²) in [5.41, 5.74) is -0.217. The van der Waals surface area contributed by atoms with E-state index in [-0.39, 0.29) is 6.01 Å². The number of sulfonamides is 1. The van der Waals surface area contributed by atoms with E-state index in [1.807, 2.05) is 0 Å². The molecule has 2 rings (SSSR count). The SMILES string of the molecule is Cc1ccnc(Oc2cc(F)c(C(=O)NS(C)(=O)=O)cc2F)n1. The van der Waals surface area contributed by atoms with E-state index in [0.717, 1.165) is 0 Å². The van der Waals surface area contributed by atoms with Crippen molar-refractivity contribution in [2.45, 2.75) is 6.92 Å². The summed E-state index contributed by atoms with van der Waals surface area (Å²) in [5, 5.41) is 0. The first kappa shape index (κ1) is 16.7. The average molecular weight is 343 g/mol. The van der Waals surface area contributed by atoms with Gasteiger partial charge in [0.15, 0.2) is 11.6 Å². The van der Waals surface area contributed by atoms with Crippen LogP contribution in [-0.2, 0) is 10.0 Å². The molecule has 122 valence electrons.